The van der Waals surface area contributed by atoms with Crippen molar-refractivity contribution in [3.8, 4) is 17.1 Å². The van der Waals surface area contributed by atoms with Crippen LogP contribution in [0.3, 0.4) is 0 Å². The molecule has 1 aromatic heterocycles. The van der Waals surface area contributed by atoms with Crippen LogP contribution in [0.5, 0.6) is 0 Å². The van der Waals surface area contributed by atoms with Crippen LogP contribution in [0.4, 0.5) is 0 Å². The Balaban J connectivity index is 1.65. The second-order valence-corrected chi connectivity index (χ2v) is 9.87. The molecule has 2 atom stereocenters. The van der Waals surface area contributed by atoms with E-state index >= 15 is 0 Å². The van der Waals surface area contributed by atoms with E-state index in [2.05, 4.69) is 42.2 Å². The van der Waals surface area contributed by atoms with E-state index in [1.807, 2.05) is 41.8 Å². The number of hydrogen-bond acceptors (Lipinski definition) is 5. The summed E-state index contributed by atoms with van der Waals surface area (Å²) >= 11 is 1.38. The molecule has 2 N–H and O–H groups in total. The predicted octanol–water partition coefficient (Wildman–Crippen LogP) is 3.76. The smallest absolute Gasteiger partial charge is 0.235 e. The lowest BCUT2D eigenvalue weighted by Crippen LogP contribution is -2.46. The fraction of sp³-hybridized carbons (Fsp3) is 0.360. The van der Waals surface area contributed by atoms with Gasteiger partial charge >= 0.3 is 0 Å². The fourth-order valence-electron chi connectivity index (χ4n) is 4.09. The number of primary amides is 1. The normalized spacial score (nSPS) is 17.1. The average molecular weight is 464 g/mol. The molecule has 8 heteroatoms. The first kappa shape index (κ1) is 23.0. The van der Waals surface area contributed by atoms with Gasteiger partial charge in [0.1, 0.15) is 0 Å². The Morgan fingerprint density at radius 3 is 2.55 bits per heavy atom. The van der Waals surface area contributed by atoms with Crippen molar-refractivity contribution in [1.82, 2.24) is 19.7 Å². The van der Waals surface area contributed by atoms with Gasteiger partial charge in [0.25, 0.3) is 0 Å². The van der Waals surface area contributed by atoms with Crippen molar-refractivity contribution in [3.05, 3.63) is 59.7 Å². The molecule has 3 aromatic rings. The number of hydrogen-bond donors (Lipinski definition) is 1. The maximum absolute atomic E-state index is 13.2. The standard InChI is InChI=1S/C25H29N5O2S/c1-16-11-12-21(14-17(16)2)30-23(19-8-5-4-6-9-19)27-28-25(30)33-18(3)24(32)29-13-7-10-20(15-29)22(26)31/h4-6,8-9,11-12,14,18,20H,7,10,13,15H2,1-3H3,(H2,26,31). The quantitative estimate of drug-likeness (QED) is 0.562. The van der Waals surface area contributed by atoms with Crippen LogP contribution < -0.4 is 5.73 Å². The molecule has 1 aliphatic rings. The van der Waals surface area contributed by atoms with Gasteiger partial charge in [-0.2, -0.15) is 0 Å². The summed E-state index contributed by atoms with van der Waals surface area (Å²) in [5.41, 5.74) is 9.78. The second kappa shape index (κ2) is 9.79. The molecule has 0 spiro atoms. The molecule has 2 amide bonds. The van der Waals surface area contributed by atoms with Crippen LogP contribution >= 0.6 is 11.8 Å². The van der Waals surface area contributed by atoms with Gasteiger partial charge in [-0.1, -0.05) is 48.2 Å². The third kappa shape index (κ3) is 4.95. The molecule has 0 aliphatic carbocycles. The van der Waals surface area contributed by atoms with Gasteiger partial charge in [-0.3, -0.25) is 14.2 Å². The number of nitrogens with zero attached hydrogens (tertiary/aromatic N) is 4. The summed E-state index contributed by atoms with van der Waals surface area (Å²) in [4.78, 5) is 26.6. The zero-order valence-electron chi connectivity index (χ0n) is 19.2. The summed E-state index contributed by atoms with van der Waals surface area (Å²) in [6.45, 7) is 7.07. The van der Waals surface area contributed by atoms with E-state index < -0.39 is 0 Å². The summed E-state index contributed by atoms with van der Waals surface area (Å²) in [6, 6.07) is 16.2. The van der Waals surface area contributed by atoms with Crippen LogP contribution in [-0.4, -0.2) is 49.8 Å². The molecule has 0 bridgehead atoms. The van der Waals surface area contributed by atoms with E-state index in [0.29, 0.717) is 18.2 Å². The van der Waals surface area contributed by atoms with Crippen LogP contribution in [0, 0.1) is 19.8 Å². The highest BCUT2D eigenvalue weighted by atomic mass is 32.2. The average Bonchev–Trinajstić information content (AvgIpc) is 3.24. The molecule has 1 aliphatic heterocycles. The Labute approximate surface area is 198 Å². The topological polar surface area (TPSA) is 94.1 Å². The lowest BCUT2D eigenvalue weighted by atomic mass is 9.97. The van der Waals surface area contributed by atoms with Crippen molar-refractivity contribution in [2.45, 2.75) is 44.0 Å². The molecule has 33 heavy (non-hydrogen) atoms. The van der Waals surface area contributed by atoms with Gasteiger partial charge in [-0.05, 0) is 56.9 Å². The Morgan fingerprint density at radius 1 is 1.09 bits per heavy atom. The number of benzene rings is 2. The third-order valence-electron chi connectivity index (χ3n) is 6.18. The highest BCUT2D eigenvalue weighted by molar-refractivity contribution is 8.00. The molecular weight excluding hydrogens is 434 g/mol. The zero-order valence-corrected chi connectivity index (χ0v) is 20.0. The van der Waals surface area contributed by atoms with E-state index in [0.717, 1.165) is 29.9 Å². The number of amides is 2. The summed E-state index contributed by atoms with van der Waals surface area (Å²) < 4.78 is 2.01. The number of carbonyl (C=O) groups is 2. The van der Waals surface area contributed by atoms with E-state index in [1.54, 1.807) is 4.90 Å². The number of carbonyl (C=O) groups excluding carboxylic acids is 2. The van der Waals surface area contributed by atoms with Crippen molar-refractivity contribution in [1.29, 1.82) is 0 Å². The summed E-state index contributed by atoms with van der Waals surface area (Å²) in [5, 5.41) is 9.22. The predicted molar refractivity (Wildman–Crippen MR) is 130 cm³/mol. The van der Waals surface area contributed by atoms with Crippen molar-refractivity contribution in [3.63, 3.8) is 0 Å². The van der Waals surface area contributed by atoms with Crippen LogP contribution in [0.1, 0.15) is 30.9 Å². The summed E-state index contributed by atoms with van der Waals surface area (Å²) in [7, 11) is 0. The number of piperidine rings is 1. The SMILES string of the molecule is Cc1ccc(-n2c(SC(C)C(=O)N3CCCC(C(N)=O)C3)nnc2-c2ccccc2)cc1C. The van der Waals surface area contributed by atoms with Gasteiger partial charge in [0.2, 0.25) is 11.8 Å². The van der Waals surface area contributed by atoms with Gasteiger partial charge < -0.3 is 10.6 Å². The lowest BCUT2D eigenvalue weighted by Gasteiger charge is -2.32. The minimum Gasteiger partial charge on any atom is -0.369 e. The molecular formula is C25H29N5O2S. The zero-order chi connectivity index (χ0) is 23.5. The minimum atomic E-state index is -0.380. The Kier molecular flexibility index (Phi) is 6.83. The van der Waals surface area contributed by atoms with E-state index in [1.165, 1.54) is 22.9 Å². The van der Waals surface area contributed by atoms with Gasteiger partial charge in [-0.15, -0.1) is 10.2 Å². The maximum Gasteiger partial charge on any atom is 0.235 e. The Bertz CT molecular complexity index is 1160. The molecule has 0 radical (unpaired) electrons. The molecule has 2 unspecified atom stereocenters. The molecule has 0 saturated carbocycles. The molecule has 2 aromatic carbocycles. The fourth-order valence-corrected chi connectivity index (χ4v) is 5.04. The van der Waals surface area contributed by atoms with E-state index in [-0.39, 0.29) is 23.0 Å². The minimum absolute atomic E-state index is 0.0122. The third-order valence-corrected chi connectivity index (χ3v) is 7.21. The van der Waals surface area contributed by atoms with Crippen LogP contribution in [0.2, 0.25) is 0 Å². The van der Waals surface area contributed by atoms with Crippen LogP contribution in [-0.2, 0) is 9.59 Å². The first-order valence-electron chi connectivity index (χ1n) is 11.2. The number of nitrogens with two attached hydrogens (primary N) is 1. The highest BCUT2D eigenvalue weighted by Crippen LogP contribution is 2.32. The first-order valence-corrected chi connectivity index (χ1v) is 12.1. The van der Waals surface area contributed by atoms with E-state index in [9.17, 15) is 9.59 Å². The van der Waals surface area contributed by atoms with Crippen molar-refractivity contribution < 1.29 is 9.59 Å². The van der Waals surface area contributed by atoms with Crippen LogP contribution in [0.25, 0.3) is 17.1 Å². The molecule has 1 saturated heterocycles. The Morgan fingerprint density at radius 2 is 1.85 bits per heavy atom. The summed E-state index contributed by atoms with van der Waals surface area (Å²) in [5.74, 6) is 0.105. The largest absolute Gasteiger partial charge is 0.369 e. The molecule has 1 fully saturated rings. The van der Waals surface area contributed by atoms with E-state index in [4.69, 9.17) is 5.73 Å². The van der Waals surface area contributed by atoms with Crippen molar-refractivity contribution in [2.24, 2.45) is 11.7 Å². The van der Waals surface area contributed by atoms with Gasteiger partial charge in [-0.25, -0.2) is 0 Å². The van der Waals surface area contributed by atoms with Crippen molar-refractivity contribution in [2.75, 3.05) is 13.1 Å². The molecule has 2 heterocycles. The molecule has 7 nitrogen and oxygen atoms in total. The lowest BCUT2D eigenvalue weighted by molar-refractivity contribution is -0.134. The summed E-state index contributed by atoms with van der Waals surface area (Å²) in [6.07, 6.45) is 1.52. The van der Waals surface area contributed by atoms with Crippen molar-refractivity contribution >= 4 is 23.6 Å². The maximum atomic E-state index is 13.2. The first-order chi connectivity index (χ1) is 15.8. The number of aryl methyl sites for hydroxylation is 2. The Hall–Kier alpha value is -3.13. The van der Waals surface area contributed by atoms with Gasteiger partial charge in [0.05, 0.1) is 16.9 Å². The highest BCUT2D eigenvalue weighted by Gasteiger charge is 2.31. The number of rotatable bonds is 6. The second-order valence-electron chi connectivity index (χ2n) is 8.56. The van der Waals surface area contributed by atoms with Crippen LogP contribution in [0.15, 0.2) is 53.7 Å². The number of aromatic nitrogens is 3. The monoisotopic (exact) mass is 463 g/mol. The van der Waals surface area contributed by atoms with Gasteiger partial charge in [0.15, 0.2) is 11.0 Å². The number of thioether (sulfide) groups is 1. The van der Waals surface area contributed by atoms with Gasteiger partial charge in [0, 0.05) is 18.7 Å². The molecule has 4 rings (SSSR count). The molecule has 172 valence electrons. The number of likely N-dealkylation sites (tertiary alicyclic amines) is 1.